The number of rotatable bonds is 7. The molecule has 8 heteroatoms. The summed E-state index contributed by atoms with van der Waals surface area (Å²) < 4.78 is 5.46. The van der Waals surface area contributed by atoms with Gasteiger partial charge in [0.2, 0.25) is 5.91 Å². The zero-order valence-electron chi connectivity index (χ0n) is 21.2. The van der Waals surface area contributed by atoms with E-state index in [1.54, 1.807) is 11.8 Å². The molecule has 2 aliphatic heterocycles. The molecule has 0 bridgehead atoms. The van der Waals surface area contributed by atoms with Gasteiger partial charge in [0, 0.05) is 50.4 Å². The lowest BCUT2D eigenvalue weighted by atomic mass is 9.94. The van der Waals surface area contributed by atoms with Crippen molar-refractivity contribution in [1.82, 2.24) is 20.0 Å². The lowest BCUT2D eigenvalue weighted by molar-refractivity contribution is -0.140. The zero-order valence-corrected chi connectivity index (χ0v) is 21.2. The summed E-state index contributed by atoms with van der Waals surface area (Å²) >= 11 is 0. The van der Waals surface area contributed by atoms with Crippen LogP contribution < -0.4 is 5.32 Å². The number of esters is 1. The summed E-state index contributed by atoms with van der Waals surface area (Å²) in [6.45, 7) is 9.02. The Morgan fingerprint density at radius 1 is 1.09 bits per heavy atom. The number of ether oxygens (including phenoxy) is 1. The lowest BCUT2D eigenvalue weighted by Gasteiger charge is -2.43. The van der Waals surface area contributed by atoms with E-state index in [0.29, 0.717) is 44.0 Å². The minimum Gasteiger partial charge on any atom is -0.463 e. The summed E-state index contributed by atoms with van der Waals surface area (Å²) in [5, 5.41) is 3.01. The van der Waals surface area contributed by atoms with Gasteiger partial charge < -0.3 is 15.0 Å². The molecule has 2 heterocycles. The molecule has 0 spiro atoms. The van der Waals surface area contributed by atoms with Crippen LogP contribution in [0.3, 0.4) is 0 Å². The molecular weight excluding hydrogens is 444 g/mol. The first-order valence-corrected chi connectivity index (χ1v) is 13.0. The van der Waals surface area contributed by atoms with E-state index >= 15 is 0 Å². The number of hydrogen-bond donors (Lipinski definition) is 1. The minimum absolute atomic E-state index is 0.0842. The number of nitrogens with one attached hydrogen (secondary N) is 1. The quantitative estimate of drug-likeness (QED) is 0.603. The van der Waals surface area contributed by atoms with Gasteiger partial charge in [-0.3, -0.25) is 14.6 Å². The normalized spacial score (nSPS) is 24.0. The molecule has 2 unspecified atom stereocenters. The molecule has 3 amide bonds. The van der Waals surface area contributed by atoms with E-state index in [-0.39, 0.29) is 30.5 Å². The van der Waals surface area contributed by atoms with E-state index in [1.807, 2.05) is 42.2 Å². The summed E-state index contributed by atoms with van der Waals surface area (Å²) in [4.78, 5) is 45.3. The largest absolute Gasteiger partial charge is 0.463 e. The number of hydrogen-bond acceptors (Lipinski definition) is 5. The van der Waals surface area contributed by atoms with Gasteiger partial charge in [0.15, 0.2) is 0 Å². The Morgan fingerprint density at radius 3 is 2.43 bits per heavy atom. The highest BCUT2D eigenvalue weighted by Gasteiger charge is 2.39. The number of benzene rings is 1. The van der Waals surface area contributed by atoms with Crippen LogP contribution in [0.2, 0.25) is 0 Å². The fourth-order valence-electron chi connectivity index (χ4n) is 5.68. The third-order valence-electron chi connectivity index (χ3n) is 7.46. The third-order valence-corrected chi connectivity index (χ3v) is 7.46. The van der Waals surface area contributed by atoms with Crippen molar-refractivity contribution in [3.05, 3.63) is 47.2 Å². The maximum atomic E-state index is 13.2. The van der Waals surface area contributed by atoms with Crippen LogP contribution in [0.25, 0.3) is 0 Å². The molecule has 2 atom stereocenters. The van der Waals surface area contributed by atoms with Crippen molar-refractivity contribution < 1.29 is 19.1 Å². The molecule has 1 aromatic rings. The Kier molecular flexibility index (Phi) is 8.11. The van der Waals surface area contributed by atoms with Gasteiger partial charge in [0.25, 0.3) is 0 Å². The van der Waals surface area contributed by atoms with Gasteiger partial charge in [-0.2, -0.15) is 0 Å². The molecule has 4 rings (SSSR count). The van der Waals surface area contributed by atoms with Crippen LogP contribution in [0, 0.1) is 5.92 Å². The van der Waals surface area contributed by atoms with Gasteiger partial charge in [0.05, 0.1) is 18.2 Å². The fraction of sp³-hybridized carbons (Fsp3) is 0.593. The maximum absolute atomic E-state index is 13.2. The minimum atomic E-state index is -0.566. The first-order chi connectivity index (χ1) is 16.9. The maximum Gasteiger partial charge on any atom is 0.338 e. The van der Waals surface area contributed by atoms with Crippen LogP contribution in [0.15, 0.2) is 41.6 Å². The van der Waals surface area contributed by atoms with Crippen LogP contribution in [0.4, 0.5) is 4.79 Å². The summed E-state index contributed by atoms with van der Waals surface area (Å²) in [5.41, 5.74) is 2.01. The molecule has 0 radical (unpaired) electrons. The number of nitrogens with zero attached hydrogens (tertiary/aromatic N) is 3. The Hall–Kier alpha value is -2.87. The van der Waals surface area contributed by atoms with Gasteiger partial charge in [-0.15, -0.1) is 0 Å². The van der Waals surface area contributed by atoms with Gasteiger partial charge in [-0.1, -0.05) is 43.2 Å². The topological polar surface area (TPSA) is 82.2 Å². The molecule has 1 saturated carbocycles. The van der Waals surface area contributed by atoms with Crippen LogP contribution >= 0.6 is 0 Å². The molecule has 190 valence electrons. The average molecular weight is 483 g/mol. The van der Waals surface area contributed by atoms with E-state index in [2.05, 4.69) is 17.1 Å². The zero-order chi connectivity index (χ0) is 24.9. The first kappa shape index (κ1) is 25.2. The number of carbonyl (C=O) groups excluding carboxylic acids is 3. The number of piperazine rings is 1. The molecular formula is C27H38N4O4. The second-order valence-corrected chi connectivity index (χ2v) is 9.72. The second-order valence-electron chi connectivity index (χ2n) is 9.72. The number of likely N-dealkylation sites (N-methyl/N-ethyl adjacent to an activating group) is 1. The van der Waals surface area contributed by atoms with Crippen LogP contribution in [-0.2, 0) is 14.3 Å². The number of urea groups is 1. The van der Waals surface area contributed by atoms with Crippen molar-refractivity contribution >= 4 is 17.9 Å². The standard InChI is InChI=1S/C27H38N4O4/c1-4-30-22(18-29-15-16-31(19(3)17-29)25(32)21-13-9-10-14-21)23(26(33)35-5-2)24(28-27(30)34)20-11-7-6-8-12-20/h6-8,11-12,19,21,24H,4-5,9-10,13-18H2,1-3H3,(H,28,34). The summed E-state index contributed by atoms with van der Waals surface area (Å²) in [6, 6.07) is 8.85. The molecule has 3 aliphatic rings. The molecule has 35 heavy (non-hydrogen) atoms. The first-order valence-electron chi connectivity index (χ1n) is 13.0. The predicted octanol–water partition coefficient (Wildman–Crippen LogP) is 3.31. The van der Waals surface area contributed by atoms with E-state index in [4.69, 9.17) is 4.74 Å². The van der Waals surface area contributed by atoms with Gasteiger partial charge in [-0.25, -0.2) is 9.59 Å². The van der Waals surface area contributed by atoms with Gasteiger partial charge in [-0.05, 0) is 39.2 Å². The molecule has 1 saturated heterocycles. The molecule has 1 aromatic carbocycles. The number of amides is 3. The third kappa shape index (κ3) is 5.37. The van der Waals surface area contributed by atoms with Crippen molar-refractivity contribution in [3.8, 4) is 0 Å². The molecule has 0 aromatic heterocycles. The van der Waals surface area contributed by atoms with Crippen LogP contribution in [0.1, 0.15) is 58.1 Å². The highest BCUT2D eigenvalue weighted by Crippen LogP contribution is 2.33. The number of carbonyl (C=O) groups is 3. The van der Waals surface area contributed by atoms with Gasteiger partial charge in [0.1, 0.15) is 0 Å². The van der Waals surface area contributed by atoms with Crippen molar-refractivity contribution in [2.75, 3.05) is 39.3 Å². The summed E-state index contributed by atoms with van der Waals surface area (Å²) in [6.07, 6.45) is 4.30. The Labute approximate surface area is 208 Å². The highest BCUT2D eigenvalue weighted by molar-refractivity contribution is 5.95. The Bertz CT molecular complexity index is 957. The Balaban J connectivity index is 1.60. The average Bonchev–Trinajstić information content (AvgIpc) is 3.39. The van der Waals surface area contributed by atoms with E-state index in [9.17, 15) is 14.4 Å². The van der Waals surface area contributed by atoms with Crippen molar-refractivity contribution in [2.45, 2.75) is 58.5 Å². The fourth-order valence-corrected chi connectivity index (χ4v) is 5.68. The van der Waals surface area contributed by atoms with Gasteiger partial charge >= 0.3 is 12.0 Å². The summed E-state index contributed by atoms with van der Waals surface area (Å²) in [7, 11) is 0. The van der Waals surface area contributed by atoms with E-state index in [1.165, 1.54) is 0 Å². The van der Waals surface area contributed by atoms with Crippen molar-refractivity contribution in [3.63, 3.8) is 0 Å². The Morgan fingerprint density at radius 2 is 1.80 bits per heavy atom. The highest BCUT2D eigenvalue weighted by atomic mass is 16.5. The molecule has 2 fully saturated rings. The summed E-state index contributed by atoms with van der Waals surface area (Å²) in [5.74, 6) is 0.0572. The monoisotopic (exact) mass is 482 g/mol. The molecule has 8 nitrogen and oxygen atoms in total. The SMILES string of the molecule is CCOC(=O)C1=C(CN2CCN(C(=O)C3CCCC3)C(C)C2)N(CC)C(=O)NC1c1ccccc1. The molecule has 1 N–H and O–H groups in total. The van der Waals surface area contributed by atoms with E-state index in [0.717, 1.165) is 31.2 Å². The second kappa shape index (κ2) is 11.2. The van der Waals surface area contributed by atoms with Crippen LogP contribution in [-0.4, -0.2) is 78.0 Å². The smallest absolute Gasteiger partial charge is 0.338 e. The van der Waals surface area contributed by atoms with Crippen LogP contribution in [0.5, 0.6) is 0 Å². The van der Waals surface area contributed by atoms with E-state index < -0.39 is 12.0 Å². The predicted molar refractivity (Wildman–Crippen MR) is 133 cm³/mol. The lowest BCUT2D eigenvalue weighted by Crippen LogP contribution is -2.57. The van der Waals surface area contributed by atoms with Crippen molar-refractivity contribution in [2.24, 2.45) is 5.92 Å². The van der Waals surface area contributed by atoms with Crippen molar-refractivity contribution in [1.29, 1.82) is 0 Å². The molecule has 1 aliphatic carbocycles.